The van der Waals surface area contributed by atoms with Gasteiger partial charge in [0, 0.05) is 30.9 Å². The number of fused-ring (bicyclic) bond motifs is 1. The quantitative estimate of drug-likeness (QED) is 0.860. The molecular weight excluding hydrogens is 339 g/mol. The molecule has 1 aliphatic heterocycles. The SMILES string of the molecule is Cc1c(F)c(N2CCC(CN)C2)nc2c1c(=O)c(C(=O)O)cn2C1CC1. The predicted molar refractivity (Wildman–Crippen MR) is 95.3 cm³/mol. The monoisotopic (exact) mass is 360 g/mol. The highest BCUT2D eigenvalue weighted by Crippen LogP contribution is 2.38. The van der Waals surface area contributed by atoms with E-state index < -0.39 is 17.2 Å². The Balaban J connectivity index is 1.97. The third-order valence-electron chi connectivity index (χ3n) is 5.41. The fraction of sp³-hybridized carbons (Fsp3) is 0.500. The molecule has 1 unspecified atom stereocenters. The molecule has 0 aromatic carbocycles. The van der Waals surface area contributed by atoms with Gasteiger partial charge in [-0.15, -0.1) is 0 Å². The highest BCUT2D eigenvalue weighted by Gasteiger charge is 2.31. The summed E-state index contributed by atoms with van der Waals surface area (Å²) >= 11 is 0. The lowest BCUT2D eigenvalue weighted by Crippen LogP contribution is -2.26. The second-order valence-corrected chi connectivity index (χ2v) is 7.22. The second kappa shape index (κ2) is 6.05. The average molecular weight is 360 g/mol. The topological polar surface area (TPSA) is 101 Å². The number of aromatic nitrogens is 2. The maximum Gasteiger partial charge on any atom is 0.341 e. The van der Waals surface area contributed by atoms with Crippen LogP contribution in [0.2, 0.25) is 0 Å². The van der Waals surface area contributed by atoms with Crippen molar-refractivity contribution in [3.63, 3.8) is 0 Å². The van der Waals surface area contributed by atoms with Crippen molar-refractivity contribution < 1.29 is 14.3 Å². The minimum absolute atomic E-state index is 0.0626. The minimum Gasteiger partial charge on any atom is -0.477 e. The Morgan fingerprint density at radius 2 is 2.15 bits per heavy atom. The van der Waals surface area contributed by atoms with E-state index in [0.717, 1.165) is 19.3 Å². The zero-order chi connectivity index (χ0) is 18.6. The van der Waals surface area contributed by atoms with Crippen molar-refractivity contribution in [2.24, 2.45) is 11.7 Å². The third kappa shape index (κ3) is 2.56. The summed E-state index contributed by atoms with van der Waals surface area (Å²) in [5.41, 5.74) is 5.23. The number of hydrogen-bond donors (Lipinski definition) is 2. The summed E-state index contributed by atoms with van der Waals surface area (Å²) in [6.45, 7) is 3.35. The number of anilines is 1. The molecule has 3 heterocycles. The molecule has 2 aromatic rings. The molecule has 1 aliphatic carbocycles. The second-order valence-electron chi connectivity index (χ2n) is 7.22. The molecule has 138 valence electrons. The summed E-state index contributed by atoms with van der Waals surface area (Å²) in [6, 6.07) is 0.108. The van der Waals surface area contributed by atoms with Crippen LogP contribution < -0.4 is 16.1 Å². The van der Waals surface area contributed by atoms with Crippen molar-refractivity contribution in [3.8, 4) is 0 Å². The van der Waals surface area contributed by atoms with Crippen LogP contribution in [-0.4, -0.2) is 40.3 Å². The van der Waals surface area contributed by atoms with Gasteiger partial charge in [0.1, 0.15) is 11.2 Å². The van der Waals surface area contributed by atoms with E-state index in [1.807, 2.05) is 4.90 Å². The summed E-state index contributed by atoms with van der Waals surface area (Å²) in [4.78, 5) is 30.4. The number of hydrogen-bond acceptors (Lipinski definition) is 5. The Labute approximate surface area is 149 Å². The van der Waals surface area contributed by atoms with E-state index in [2.05, 4.69) is 4.98 Å². The number of carbonyl (C=O) groups is 1. The molecule has 2 fully saturated rings. The van der Waals surface area contributed by atoms with Crippen LogP contribution in [0.3, 0.4) is 0 Å². The lowest BCUT2D eigenvalue weighted by Gasteiger charge is -2.21. The van der Waals surface area contributed by atoms with Gasteiger partial charge < -0.3 is 20.3 Å². The largest absolute Gasteiger partial charge is 0.477 e. The fourth-order valence-electron chi connectivity index (χ4n) is 3.71. The van der Waals surface area contributed by atoms with Gasteiger partial charge in [-0.3, -0.25) is 4.79 Å². The molecule has 3 N–H and O–H groups in total. The Bertz CT molecular complexity index is 967. The first-order valence-electron chi connectivity index (χ1n) is 8.85. The first-order valence-corrected chi connectivity index (χ1v) is 8.85. The van der Waals surface area contributed by atoms with Crippen molar-refractivity contribution in [3.05, 3.63) is 33.4 Å². The predicted octanol–water partition coefficient (Wildman–Crippen LogP) is 1.66. The van der Waals surface area contributed by atoms with Crippen molar-refractivity contribution >= 4 is 22.8 Å². The van der Waals surface area contributed by atoms with E-state index in [4.69, 9.17) is 5.73 Å². The van der Waals surface area contributed by atoms with Gasteiger partial charge in [0.25, 0.3) is 0 Å². The molecule has 26 heavy (non-hydrogen) atoms. The molecule has 4 rings (SSSR count). The van der Waals surface area contributed by atoms with Gasteiger partial charge in [0.2, 0.25) is 5.43 Å². The Hall–Kier alpha value is -2.48. The number of carboxylic acid groups (broad SMARTS) is 1. The number of rotatable bonds is 4. The van der Waals surface area contributed by atoms with Crippen LogP contribution in [0.15, 0.2) is 11.0 Å². The minimum atomic E-state index is -1.31. The smallest absolute Gasteiger partial charge is 0.341 e. The van der Waals surface area contributed by atoms with Crippen molar-refractivity contribution in [2.45, 2.75) is 32.2 Å². The van der Waals surface area contributed by atoms with E-state index >= 15 is 4.39 Å². The molecule has 1 saturated heterocycles. The lowest BCUT2D eigenvalue weighted by atomic mass is 10.1. The standard InChI is InChI=1S/C18H21FN4O3/c1-9-13-15(24)12(18(25)26)8-23(11-2-3-11)16(13)21-17(14(9)19)22-5-4-10(6-20)7-22/h8,10-11H,2-7,20H2,1H3,(H,25,26). The molecule has 2 aliphatic rings. The average Bonchev–Trinajstić information content (AvgIpc) is 3.34. The summed E-state index contributed by atoms with van der Waals surface area (Å²) in [5.74, 6) is -1.34. The van der Waals surface area contributed by atoms with Crippen LogP contribution in [0.4, 0.5) is 10.2 Å². The number of halogens is 1. The Morgan fingerprint density at radius 1 is 1.42 bits per heavy atom. The molecule has 0 amide bonds. The summed E-state index contributed by atoms with van der Waals surface area (Å²) < 4.78 is 16.8. The number of carboxylic acids is 1. The molecule has 1 atom stereocenters. The van der Waals surface area contributed by atoms with Gasteiger partial charge in [0.15, 0.2) is 11.6 Å². The highest BCUT2D eigenvalue weighted by molar-refractivity contribution is 5.93. The van der Waals surface area contributed by atoms with E-state index in [1.54, 1.807) is 4.57 Å². The molecular formula is C18H21FN4O3. The van der Waals surface area contributed by atoms with Gasteiger partial charge >= 0.3 is 5.97 Å². The van der Waals surface area contributed by atoms with Crippen LogP contribution in [0.5, 0.6) is 0 Å². The number of aromatic carboxylic acids is 1. The maximum atomic E-state index is 15.0. The van der Waals surface area contributed by atoms with Crippen LogP contribution in [0.1, 0.15) is 41.2 Å². The lowest BCUT2D eigenvalue weighted by molar-refractivity contribution is 0.0695. The van der Waals surface area contributed by atoms with Crippen molar-refractivity contribution in [2.75, 3.05) is 24.5 Å². The number of nitrogens with two attached hydrogens (primary N) is 1. The van der Waals surface area contributed by atoms with Crippen LogP contribution in [-0.2, 0) is 0 Å². The van der Waals surface area contributed by atoms with Crippen LogP contribution >= 0.6 is 0 Å². The van der Waals surface area contributed by atoms with Gasteiger partial charge in [-0.05, 0) is 38.6 Å². The molecule has 0 bridgehead atoms. The normalized spacial score (nSPS) is 20.1. The van der Waals surface area contributed by atoms with E-state index in [1.165, 1.54) is 13.1 Å². The van der Waals surface area contributed by atoms with Gasteiger partial charge in [0.05, 0.1) is 5.39 Å². The first-order chi connectivity index (χ1) is 12.4. The third-order valence-corrected chi connectivity index (χ3v) is 5.41. The number of aryl methyl sites for hydroxylation is 1. The van der Waals surface area contributed by atoms with Gasteiger partial charge in [-0.25, -0.2) is 14.2 Å². The summed E-state index contributed by atoms with van der Waals surface area (Å²) in [7, 11) is 0. The molecule has 0 spiro atoms. The van der Waals surface area contributed by atoms with Gasteiger partial charge in [-0.2, -0.15) is 0 Å². The molecule has 8 heteroatoms. The number of pyridine rings is 2. The summed E-state index contributed by atoms with van der Waals surface area (Å²) in [5, 5.41) is 9.41. The zero-order valence-electron chi connectivity index (χ0n) is 14.5. The Kier molecular flexibility index (Phi) is 3.95. The van der Waals surface area contributed by atoms with E-state index in [9.17, 15) is 14.7 Å². The van der Waals surface area contributed by atoms with Crippen LogP contribution in [0, 0.1) is 18.7 Å². The molecule has 0 radical (unpaired) electrons. The maximum absolute atomic E-state index is 15.0. The summed E-state index contributed by atoms with van der Waals surface area (Å²) in [6.07, 6.45) is 4.01. The van der Waals surface area contributed by atoms with Crippen molar-refractivity contribution in [1.29, 1.82) is 0 Å². The van der Waals surface area contributed by atoms with E-state index in [-0.39, 0.29) is 28.4 Å². The van der Waals surface area contributed by atoms with E-state index in [0.29, 0.717) is 31.2 Å². The van der Waals surface area contributed by atoms with Crippen LogP contribution in [0.25, 0.3) is 11.0 Å². The number of nitrogens with zero attached hydrogens (tertiary/aromatic N) is 3. The fourth-order valence-corrected chi connectivity index (χ4v) is 3.71. The zero-order valence-corrected chi connectivity index (χ0v) is 14.5. The first kappa shape index (κ1) is 17.0. The van der Waals surface area contributed by atoms with Crippen molar-refractivity contribution in [1.82, 2.24) is 9.55 Å². The molecule has 1 saturated carbocycles. The van der Waals surface area contributed by atoms with Gasteiger partial charge in [-0.1, -0.05) is 0 Å². The molecule has 2 aromatic heterocycles. The molecule has 7 nitrogen and oxygen atoms in total. The Morgan fingerprint density at radius 3 is 2.73 bits per heavy atom. The highest BCUT2D eigenvalue weighted by atomic mass is 19.1.